The molecule has 1 amide bonds. The predicted octanol–water partition coefficient (Wildman–Crippen LogP) is 3.42. The number of halogens is 1. The molecule has 0 spiro atoms. The topological polar surface area (TPSA) is 64.6 Å². The standard InChI is InChI=1S/C19H18FNO4/c1-2-24-17-10-6-3-7-14(17)11-12-19(23)25-13-18(22)21-16-9-5-4-8-15(16)20/h3-12H,2,13H2,1H3,(H,21,22)/b12-11+. The summed E-state index contributed by atoms with van der Waals surface area (Å²) in [6.45, 7) is 1.86. The van der Waals surface area contributed by atoms with Crippen LogP contribution < -0.4 is 10.1 Å². The zero-order valence-corrected chi connectivity index (χ0v) is 13.7. The van der Waals surface area contributed by atoms with Gasteiger partial charge in [0.05, 0.1) is 12.3 Å². The van der Waals surface area contributed by atoms with E-state index in [9.17, 15) is 14.0 Å². The van der Waals surface area contributed by atoms with Gasteiger partial charge in [0.1, 0.15) is 11.6 Å². The highest BCUT2D eigenvalue weighted by Gasteiger charge is 2.08. The Labute approximate surface area is 145 Å². The van der Waals surface area contributed by atoms with Gasteiger partial charge in [-0.25, -0.2) is 9.18 Å². The maximum Gasteiger partial charge on any atom is 0.331 e. The average molecular weight is 343 g/mol. The molecule has 0 saturated heterocycles. The van der Waals surface area contributed by atoms with Crippen LogP contribution in [0.3, 0.4) is 0 Å². The Morgan fingerprint density at radius 1 is 1.12 bits per heavy atom. The van der Waals surface area contributed by atoms with Crippen LogP contribution in [0.2, 0.25) is 0 Å². The van der Waals surface area contributed by atoms with Crippen LogP contribution in [0.25, 0.3) is 6.08 Å². The lowest BCUT2D eigenvalue weighted by Crippen LogP contribution is -2.20. The summed E-state index contributed by atoms with van der Waals surface area (Å²) in [6.07, 6.45) is 2.75. The normalized spacial score (nSPS) is 10.5. The molecule has 2 aromatic carbocycles. The van der Waals surface area contributed by atoms with Crippen molar-refractivity contribution in [3.05, 3.63) is 66.0 Å². The van der Waals surface area contributed by atoms with Crippen molar-refractivity contribution in [2.75, 3.05) is 18.5 Å². The minimum Gasteiger partial charge on any atom is -0.493 e. The van der Waals surface area contributed by atoms with Crippen LogP contribution in [0, 0.1) is 5.82 Å². The highest BCUT2D eigenvalue weighted by Crippen LogP contribution is 2.19. The van der Waals surface area contributed by atoms with Crippen molar-refractivity contribution < 1.29 is 23.5 Å². The lowest BCUT2D eigenvalue weighted by molar-refractivity contribution is -0.142. The number of benzene rings is 2. The number of anilines is 1. The Morgan fingerprint density at radius 3 is 2.60 bits per heavy atom. The van der Waals surface area contributed by atoms with Gasteiger partial charge in [-0.3, -0.25) is 4.79 Å². The number of esters is 1. The van der Waals surface area contributed by atoms with Crippen LogP contribution in [-0.4, -0.2) is 25.1 Å². The quantitative estimate of drug-likeness (QED) is 0.618. The predicted molar refractivity (Wildman–Crippen MR) is 92.6 cm³/mol. The number of ether oxygens (including phenoxy) is 2. The fourth-order valence-corrected chi connectivity index (χ4v) is 2.00. The molecular weight excluding hydrogens is 325 g/mol. The third-order valence-electron chi connectivity index (χ3n) is 3.11. The number of rotatable bonds is 7. The molecule has 0 aliphatic rings. The van der Waals surface area contributed by atoms with E-state index in [2.05, 4.69) is 5.32 Å². The molecule has 0 unspecified atom stereocenters. The fourth-order valence-electron chi connectivity index (χ4n) is 2.00. The number of amides is 1. The van der Waals surface area contributed by atoms with Crippen molar-refractivity contribution in [1.29, 1.82) is 0 Å². The van der Waals surface area contributed by atoms with Gasteiger partial charge in [-0.05, 0) is 31.2 Å². The van der Waals surface area contributed by atoms with E-state index in [0.29, 0.717) is 12.4 Å². The van der Waals surface area contributed by atoms with Gasteiger partial charge in [-0.1, -0.05) is 30.3 Å². The first kappa shape index (κ1) is 18.2. The summed E-state index contributed by atoms with van der Waals surface area (Å²) in [6, 6.07) is 13.0. The van der Waals surface area contributed by atoms with Gasteiger partial charge in [0, 0.05) is 11.6 Å². The smallest absolute Gasteiger partial charge is 0.331 e. The third kappa shape index (κ3) is 5.76. The van der Waals surface area contributed by atoms with Gasteiger partial charge < -0.3 is 14.8 Å². The van der Waals surface area contributed by atoms with E-state index in [1.54, 1.807) is 24.3 Å². The Bertz CT molecular complexity index is 774. The molecule has 0 fully saturated rings. The van der Waals surface area contributed by atoms with Crippen LogP contribution >= 0.6 is 0 Å². The maximum absolute atomic E-state index is 13.4. The number of nitrogens with one attached hydrogen (secondary N) is 1. The average Bonchev–Trinajstić information content (AvgIpc) is 2.61. The molecule has 25 heavy (non-hydrogen) atoms. The molecule has 0 radical (unpaired) electrons. The number of para-hydroxylation sites is 2. The second-order valence-corrected chi connectivity index (χ2v) is 4.94. The monoisotopic (exact) mass is 343 g/mol. The number of hydrogen-bond acceptors (Lipinski definition) is 4. The molecule has 0 aliphatic heterocycles. The van der Waals surface area contributed by atoms with E-state index >= 15 is 0 Å². The van der Waals surface area contributed by atoms with Gasteiger partial charge in [0.25, 0.3) is 5.91 Å². The summed E-state index contributed by atoms with van der Waals surface area (Å²) in [4.78, 5) is 23.4. The molecule has 2 aromatic rings. The number of carbonyl (C=O) groups is 2. The first-order valence-corrected chi connectivity index (χ1v) is 7.71. The zero-order valence-electron chi connectivity index (χ0n) is 13.7. The summed E-state index contributed by atoms with van der Waals surface area (Å²) >= 11 is 0. The van der Waals surface area contributed by atoms with Crippen molar-refractivity contribution in [2.24, 2.45) is 0 Å². The number of carbonyl (C=O) groups excluding carboxylic acids is 2. The molecule has 5 nitrogen and oxygen atoms in total. The fraction of sp³-hybridized carbons (Fsp3) is 0.158. The number of hydrogen-bond donors (Lipinski definition) is 1. The second kappa shape index (κ2) is 9.22. The van der Waals surface area contributed by atoms with E-state index < -0.39 is 24.3 Å². The van der Waals surface area contributed by atoms with E-state index in [1.807, 2.05) is 19.1 Å². The van der Waals surface area contributed by atoms with E-state index in [1.165, 1.54) is 24.3 Å². The maximum atomic E-state index is 13.4. The van der Waals surface area contributed by atoms with Crippen molar-refractivity contribution >= 4 is 23.6 Å². The lowest BCUT2D eigenvalue weighted by atomic mass is 10.2. The Balaban J connectivity index is 1.86. The van der Waals surface area contributed by atoms with E-state index in [-0.39, 0.29) is 5.69 Å². The van der Waals surface area contributed by atoms with Crippen LogP contribution in [0.5, 0.6) is 5.75 Å². The van der Waals surface area contributed by atoms with Crippen molar-refractivity contribution in [1.82, 2.24) is 0 Å². The van der Waals surface area contributed by atoms with Gasteiger partial charge in [0.2, 0.25) is 0 Å². The Kier molecular flexibility index (Phi) is 6.71. The summed E-state index contributed by atoms with van der Waals surface area (Å²) in [5, 5.41) is 2.33. The zero-order chi connectivity index (χ0) is 18.1. The van der Waals surface area contributed by atoms with Gasteiger partial charge in [-0.2, -0.15) is 0 Å². The second-order valence-electron chi connectivity index (χ2n) is 4.94. The summed E-state index contributed by atoms with van der Waals surface area (Å²) in [5.41, 5.74) is 0.752. The molecular formula is C19H18FNO4. The first-order chi connectivity index (χ1) is 12.1. The van der Waals surface area contributed by atoms with Crippen molar-refractivity contribution in [3.8, 4) is 5.75 Å². The van der Waals surface area contributed by atoms with E-state index in [0.717, 1.165) is 5.56 Å². The van der Waals surface area contributed by atoms with Gasteiger partial charge in [-0.15, -0.1) is 0 Å². The minimum atomic E-state index is -0.685. The van der Waals surface area contributed by atoms with Crippen molar-refractivity contribution in [3.63, 3.8) is 0 Å². The molecule has 0 aliphatic carbocycles. The Hall–Kier alpha value is -3.15. The van der Waals surface area contributed by atoms with Crippen LogP contribution in [0.4, 0.5) is 10.1 Å². The van der Waals surface area contributed by atoms with Crippen LogP contribution in [0.1, 0.15) is 12.5 Å². The summed E-state index contributed by atoms with van der Waals surface area (Å²) < 4.78 is 23.7. The van der Waals surface area contributed by atoms with Gasteiger partial charge in [0.15, 0.2) is 6.61 Å². The van der Waals surface area contributed by atoms with Gasteiger partial charge >= 0.3 is 5.97 Å². The highest BCUT2D eigenvalue weighted by atomic mass is 19.1. The summed E-state index contributed by atoms with van der Waals surface area (Å²) in [7, 11) is 0. The SMILES string of the molecule is CCOc1ccccc1/C=C/C(=O)OCC(=O)Nc1ccccc1F. The molecule has 0 atom stereocenters. The molecule has 2 rings (SSSR count). The van der Waals surface area contributed by atoms with E-state index in [4.69, 9.17) is 9.47 Å². The van der Waals surface area contributed by atoms with Crippen molar-refractivity contribution in [2.45, 2.75) is 6.92 Å². The minimum absolute atomic E-state index is 0.0322. The Morgan fingerprint density at radius 2 is 1.84 bits per heavy atom. The third-order valence-corrected chi connectivity index (χ3v) is 3.11. The molecule has 0 heterocycles. The highest BCUT2D eigenvalue weighted by molar-refractivity contribution is 5.94. The molecule has 130 valence electrons. The van der Waals surface area contributed by atoms with Crippen LogP contribution in [-0.2, 0) is 14.3 Å². The largest absolute Gasteiger partial charge is 0.493 e. The molecule has 0 saturated carbocycles. The van der Waals surface area contributed by atoms with Crippen LogP contribution in [0.15, 0.2) is 54.6 Å². The first-order valence-electron chi connectivity index (χ1n) is 7.71. The lowest BCUT2D eigenvalue weighted by Gasteiger charge is -2.07. The molecule has 0 aromatic heterocycles. The molecule has 6 heteroatoms. The summed E-state index contributed by atoms with van der Waals surface area (Å²) in [5.74, 6) is -1.22. The molecule has 0 bridgehead atoms. The molecule has 1 N–H and O–H groups in total.